The summed E-state index contributed by atoms with van der Waals surface area (Å²) in [5, 5.41) is 43.6. The van der Waals surface area contributed by atoms with Crippen LogP contribution >= 0.6 is 0 Å². The number of rotatable bonds is 2. The van der Waals surface area contributed by atoms with Crippen molar-refractivity contribution in [3.63, 3.8) is 0 Å². The van der Waals surface area contributed by atoms with Crippen molar-refractivity contribution in [3.05, 3.63) is 107 Å². The van der Waals surface area contributed by atoms with Crippen LogP contribution in [0.3, 0.4) is 0 Å². The van der Waals surface area contributed by atoms with Gasteiger partial charge in [0.25, 0.3) is 5.79 Å². The molecule has 3 heterocycles. The van der Waals surface area contributed by atoms with Crippen LogP contribution in [-0.4, -0.2) is 20.4 Å². The average Bonchev–Trinajstić information content (AvgIpc) is 3.35. The van der Waals surface area contributed by atoms with Crippen LogP contribution < -0.4 is 9.47 Å². The number of benzene rings is 4. The quantitative estimate of drug-likeness (QED) is 0.164. The first-order valence-electron chi connectivity index (χ1n) is 14.0. The maximum absolute atomic E-state index is 11.6. The van der Waals surface area contributed by atoms with Gasteiger partial charge < -0.3 is 34.3 Å². The molecule has 1 aromatic heterocycles. The second kappa shape index (κ2) is 8.49. The van der Waals surface area contributed by atoms with Crippen LogP contribution in [0.4, 0.5) is 0 Å². The minimum Gasteiger partial charge on any atom is -0.508 e. The van der Waals surface area contributed by atoms with E-state index in [1.165, 1.54) is 17.7 Å². The van der Waals surface area contributed by atoms with E-state index in [-0.39, 0.29) is 40.8 Å². The van der Waals surface area contributed by atoms with Crippen LogP contribution in [0.5, 0.6) is 34.5 Å². The first kappa shape index (κ1) is 24.7. The molecule has 1 aliphatic carbocycles. The summed E-state index contributed by atoms with van der Waals surface area (Å²) in [6.45, 7) is 4.10. The molecule has 0 bridgehead atoms. The molecule has 0 unspecified atom stereocenters. The van der Waals surface area contributed by atoms with E-state index in [4.69, 9.17) is 13.9 Å². The Balaban J connectivity index is 1.38. The maximum Gasteiger partial charge on any atom is 0.285 e. The molecule has 0 saturated heterocycles. The summed E-state index contributed by atoms with van der Waals surface area (Å²) in [5.41, 5.74) is 5.43. The van der Waals surface area contributed by atoms with Gasteiger partial charge in [0, 0.05) is 40.5 Å². The number of aromatic hydroxyl groups is 4. The summed E-state index contributed by atoms with van der Waals surface area (Å²) < 4.78 is 19.8. The molecule has 8 rings (SSSR count). The molecule has 0 amide bonds. The lowest BCUT2D eigenvalue weighted by Crippen LogP contribution is -2.56. The lowest BCUT2D eigenvalue weighted by atomic mass is 9.61. The second-order valence-corrected chi connectivity index (χ2v) is 11.7. The Labute approximate surface area is 241 Å². The molecular formula is C35H28O7. The number of hydrogen-bond donors (Lipinski definition) is 4. The van der Waals surface area contributed by atoms with Gasteiger partial charge in [0.05, 0.1) is 11.5 Å². The largest absolute Gasteiger partial charge is 0.508 e. The molecule has 210 valence electrons. The van der Waals surface area contributed by atoms with E-state index >= 15 is 0 Å². The fraction of sp³-hybridized carbons (Fsp3) is 0.200. The molecule has 4 aromatic carbocycles. The Morgan fingerprint density at radius 2 is 1.55 bits per heavy atom. The Bertz CT molecular complexity index is 1970. The smallest absolute Gasteiger partial charge is 0.285 e. The van der Waals surface area contributed by atoms with Crippen LogP contribution in [0.1, 0.15) is 47.4 Å². The van der Waals surface area contributed by atoms with E-state index in [0.29, 0.717) is 39.5 Å². The third-order valence-corrected chi connectivity index (χ3v) is 8.96. The highest BCUT2D eigenvalue weighted by Crippen LogP contribution is 2.65. The van der Waals surface area contributed by atoms with Gasteiger partial charge in [-0.15, -0.1) is 0 Å². The SMILES string of the molecule is CC1=C[C@H]2c3c(O)cc(-c4cc5ccc(O)cc5o4)cc3O[C@]3(c4ccc(O)cc4O)Oc4cc(C)ccc4[C@H](C1)[C@@H]23. The van der Waals surface area contributed by atoms with E-state index in [9.17, 15) is 20.4 Å². The molecular weight excluding hydrogens is 532 g/mol. The van der Waals surface area contributed by atoms with Crippen LogP contribution in [0.25, 0.3) is 22.3 Å². The molecule has 2 aliphatic heterocycles. The first-order chi connectivity index (χ1) is 20.2. The van der Waals surface area contributed by atoms with Crippen molar-refractivity contribution in [2.24, 2.45) is 5.92 Å². The lowest BCUT2D eigenvalue weighted by Gasteiger charge is -2.55. The summed E-state index contributed by atoms with van der Waals surface area (Å²) >= 11 is 0. The Morgan fingerprint density at radius 3 is 2.38 bits per heavy atom. The molecule has 5 aromatic rings. The van der Waals surface area contributed by atoms with Crippen molar-refractivity contribution < 1.29 is 34.3 Å². The third-order valence-electron chi connectivity index (χ3n) is 8.96. The normalized spacial score (nSPS) is 23.7. The van der Waals surface area contributed by atoms with Crippen LogP contribution in [-0.2, 0) is 5.79 Å². The van der Waals surface area contributed by atoms with E-state index in [1.807, 2.05) is 25.1 Å². The minimum absolute atomic E-state index is 0.0205. The number of furan rings is 1. The minimum atomic E-state index is -1.46. The molecule has 0 spiro atoms. The number of phenols is 4. The predicted molar refractivity (Wildman–Crippen MR) is 156 cm³/mol. The number of ether oxygens (including phenoxy) is 2. The molecule has 7 nitrogen and oxygen atoms in total. The summed E-state index contributed by atoms with van der Waals surface area (Å²) in [4.78, 5) is 0. The predicted octanol–water partition coefficient (Wildman–Crippen LogP) is 7.70. The van der Waals surface area contributed by atoms with E-state index in [2.05, 4.69) is 25.1 Å². The molecule has 0 radical (unpaired) electrons. The molecule has 42 heavy (non-hydrogen) atoms. The molecule has 7 heteroatoms. The maximum atomic E-state index is 11.6. The number of fused-ring (bicyclic) bond motifs is 5. The van der Waals surface area contributed by atoms with Crippen molar-refractivity contribution in [1.29, 1.82) is 0 Å². The summed E-state index contributed by atoms with van der Waals surface area (Å²) in [5.74, 6) is -0.562. The Morgan fingerprint density at radius 1 is 0.762 bits per heavy atom. The molecule has 4 atom stereocenters. The Kier molecular flexibility index (Phi) is 5.00. The highest BCUT2D eigenvalue weighted by Gasteiger charge is 2.61. The zero-order valence-electron chi connectivity index (χ0n) is 23.0. The monoisotopic (exact) mass is 560 g/mol. The fourth-order valence-electron chi connectivity index (χ4n) is 7.23. The highest BCUT2D eigenvalue weighted by atomic mass is 16.7. The Hall–Kier alpha value is -5.04. The average molecular weight is 561 g/mol. The molecule has 0 fully saturated rings. The van der Waals surface area contributed by atoms with Crippen molar-refractivity contribution in [2.75, 3.05) is 0 Å². The molecule has 3 aliphatic rings. The van der Waals surface area contributed by atoms with Gasteiger partial charge in [-0.3, -0.25) is 0 Å². The van der Waals surface area contributed by atoms with Crippen LogP contribution in [0.2, 0.25) is 0 Å². The highest BCUT2D eigenvalue weighted by molar-refractivity contribution is 5.84. The zero-order valence-corrected chi connectivity index (χ0v) is 23.0. The fourth-order valence-corrected chi connectivity index (χ4v) is 7.23. The van der Waals surface area contributed by atoms with E-state index in [1.54, 1.807) is 30.3 Å². The van der Waals surface area contributed by atoms with E-state index < -0.39 is 5.79 Å². The van der Waals surface area contributed by atoms with Crippen LogP contribution in [0.15, 0.2) is 88.9 Å². The van der Waals surface area contributed by atoms with Gasteiger partial charge in [0.15, 0.2) is 0 Å². The summed E-state index contributed by atoms with van der Waals surface area (Å²) in [6.07, 6.45) is 2.94. The van der Waals surface area contributed by atoms with Crippen molar-refractivity contribution in [2.45, 2.75) is 37.9 Å². The number of aryl methyl sites for hydroxylation is 1. The van der Waals surface area contributed by atoms with E-state index in [0.717, 1.165) is 22.9 Å². The van der Waals surface area contributed by atoms with Gasteiger partial charge in [-0.05, 0) is 79.9 Å². The summed E-state index contributed by atoms with van der Waals surface area (Å²) in [7, 11) is 0. The van der Waals surface area contributed by atoms with Gasteiger partial charge in [-0.2, -0.15) is 0 Å². The number of hydrogen-bond acceptors (Lipinski definition) is 7. The van der Waals surface area contributed by atoms with Gasteiger partial charge in [-0.25, -0.2) is 0 Å². The zero-order chi connectivity index (χ0) is 28.9. The van der Waals surface area contributed by atoms with Gasteiger partial charge in [0.2, 0.25) is 0 Å². The van der Waals surface area contributed by atoms with Gasteiger partial charge >= 0.3 is 0 Å². The van der Waals surface area contributed by atoms with Crippen molar-refractivity contribution in [3.8, 4) is 45.8 Å². The van der Waals surface area contributed by atoms with Gasteiger partial charge in [0.1, 0.15) is 45.8 Å². The third kappa shape index (κ3) is 3.46. The topological polar surface area (TPSA) is 113 Å². The standard InChI is InChI=1S/C35H28O7/c1-17-3-7-23-24-9-18(2)10-25-33-28(39)12-20(29-13-19-4-5-22(37)16-30(19)40-29)14-32(33)42-35(34(24)25,41-31(23)11-17)26-8-6-21(36)15-27(26)38/h3-8,10-16,24-25,34,36-39H,9H2,1-2H3/t24-,25-,34-,35-/m0/s1. The van der Waals surface area contributed by atoms with Crippen molar-refractivity contribution in [1.82, 2.24) is 0 Å². The van der Waals surface area contributed by atoms with Crippen molar-refractivity contribution >= 4 is 11.0 Å². The number of allylic oxidation sites excluding steroid dienone is 2. The van der Waals surface area contributed by atoms with Gasteiger partial charge in [-0.1, -0.05) is 23.8 Å². The summed E-state index contributed by atoms with van der Waals surface area (Å²) in [6, 6.07) is 20.9. The van der Waals surface area contributed by atoms with Crippen LogP contribution in [0, 0.1) is 12.8 Å². The first-order valence-corrected chi connectivity index (χ1v) is 14.0. The lowest BCUT2D eigenvalue weighted by molar-refractivity contribution is -0.198. The molecule has 4 N–H and O–H groups in total. The molecule has 0 saturated carbocycles. The number of phenolic OH excluding ortho intramolecular Hbond substituents is 4. The second-order valence-electron chi connectivity index (χ2n) is 11.7.